The van der Waals surface area contributed by atoms with Gasteiger partial charge in [0.2, 0.25) is 0 Å². The number of ether oxygens (including phenoxy) is 2. The van der Waals surface area contributed by atoms with E-state index < -0.39 is 47.7 Å². The fourth-order valence-corrected chi connectivity index (χ4v) is 3.32. The number of nitrogens with one attached hydrogen (secondary N) is 2. The van der Waals surface area contributed by atoms with Crippen molar-refractivity contribution < 1.29 is 42.0 Å². The molecule has 0 saturated carbocycles. The second-order valence-electron chi connectivity index (χ2n) is 8.25. The molecular formula is C26H22F3N3O7. The summed E-state index contributed by atoms with van der Waals surface area (Å²) < 4.78 is 48.9. The minimum Gasteiger partial charge on any atom is -0.483 e. The average Bonchev–Trinajstić information content (AvgIpc) is 2.87. The number of para-hydroxylation sites is 1. The SMILES string of the molecule is Cc1cc(NC(=O)COC(=O)c2ccccc2OCC(=O)Nc2cccc(C(F)(F)F)c2)c([N+](=O)[O-])cc1C. The van der Waals surface area contributed by atoms with Gasteiger partial charge in [0.25, 0.3) is 17.5 Å². The summed E-state index contributed by atoms with van der Waals surface area (Å²) in [4.78, 5) is 47.7. The van der Waals surface area contributed by atoms with Crippen LogP contribution in [0.15, 0.2) is 60.7 Å². The van der Waals surface area contributed by atoms with Crippen LogP contribution in [0.2, 0.25) is 0 Å². The molecular weight excluding hydrogens is 523 g/mol. The minimum absolute atomic E-state index is 0.0559. The summed E-state index contributed by atoms with van der Waals surface area (Å²) in [6.45, 7) is 1.99. The van der Waals surface area contributed by atoms with Crippen molar-refractivity contribution in [1.82, 2.24) is 0 Å². The fraction of sp³-hybridized carbons (Fsp3) is 0.192. The molecule has 204 valence electrons. The summed E-state index contributed by atoms with van der Waals surface area (Å²) in [5.41, 5.74) is -0.178. The lowest BCUT2D eigenvalue weighted by molar-refractivity contribution is -0.384. The van der Waals surface area contributed by atoms with Crippen LogP contribution in [0.4, 0.5) is 30.2 Å². The van der Waals surface area contributed by atoms with Gasteiger partial charge in [0.1, 0.15) is 17.0 Å². The van der Waals surface area contributed by atoms with Gasteiger partial charge in [-0.25, -0.2) is 4.79 Å². The van der Waals surface area contributed by atoms with Crippen LogP contribution in [0.25, 0.3) is 0 Å². The number of carbonyl (C=O) groups is 3. The van der Waals surface area contributed by atoms with Crippen LogP contribution in [0.3, 0.4) is 0 Å². The summed E-state index contributed by atoms with van der Waals surface area (Å²) in [5.74, 6) is -2.67. The average molecular weight is 545 g/mol. The second-order valence-corrected chi connectivity index (χ2v) is 8.25. The molecule has 0 unspecified atom stereocenters. The highest BCUT2D eigenvalue weighted by atomic mass is 19.4. The van der Waals surface area contributed by atoms with E-state index in [9.17, 15) is 37.7 Å². The molecule has 10 nitrogen and oxygen atoms in total. The standard InChI is InChI=1S/C26H22F3N3O7/c1-15-10-20(21(32(36)37)11-16(15)2)31-24(34)14-39-25(35)19-8-3-4-9-22(19)38-13-23(33)30-18-7-5-6-17(12-18)26(27,28)29/h3-12H,13-14H2,1-2H3,(H,30,33)(H,31,34). The van der Waals surface area contributed by atoms with Gasteiger partial charge in [0.05, 0.1) is 10.5 Å². The first-order valence-electron chi connectivity index (χ1n) is 11.3. The maximum absolute atomic E-state index is 12.9. The number of nitro benzene ring substituents is 1. The molecule has 2 N–H and O–H groups in total. The van der Waals surface area contributed by atoms with Gasteiger partial charge in [-0.2, -0.15) is 13.2 Å². The predicted molar refractivity (Wildman–Crippen MR) is 133 cm³/mol. The maximum atomic E-state index is 12.9. The Morgan fingerprint density at radius 2 is 1.56 bits per heavy atom. The Morgan fingerprint density at radius 3 is 2.26 bits per heavy atom. The lowest BCUT2D eigenvalue weighted by atomic mass is 10.1. The predicted octanol–water partition coefficient (Wildman–Crippen LogP) is 5.04. The van der Waals surface area contributed by atoms with Gasteiger partial charge in [0, 0.05) is 11.8 Å². The Hall–Kier alpha value is -4.94. The molecule has 0 fully saturated rings. The smallest absolute Gasteiger partial charge is 0.416 e. The number of hydrogen-bond acceptors (Lipinski definition) is 7. The van der Waals surface area contributed by atoms with E-state index in [2.05, 4.69) is 10.6 Å². The van der Waals surface area contributed by atoms with Crippen LogP contribution in [0, 0.1) is 24.0 Å². The van der Waals surface area contributed by atoms with Crippen LogP contribution in [0.5, 0.6) is 5.75 Å². The second kappa shape index (κ2) is 12.1. The van der Waals surface area contributed by atoms with E-state index in [1.807, 2.05) is 0 Å². The third kappa shape index (κ3) is 7.77. The summed E-state index contributed by atoms with van der Waals surface area (Å²) >= 11 is 0. The Bertz CT molecular complexity index is 1420. The number of hydrogen-bond donors (Lipinski definition) is 2. The van der Waals surface area contributed by atoms with Crippen molar-refractivity contribution in [2.75, 3.05) is 23.8 Å². The monoisotopic (exact) mass is 545 g/mol. The van der Waals surface area contributed by atoms with Crippen molar-refractivity contribution in [2.45, 2.75) is 20.0 Å². The van der Waals surface area contributed by atoms with Gasteiger partial charge < -0.3 is 20.1 Å². The molecule has 0 spiro atoms. The van der Waals surface area contributed by atoms with Gasteiger partial charge in [-0.15, -0.1) is 0 Å². The number of amides is 2. The molecule has 0 aliphatic carbocycles. The first kappa shape index (κ1) is 28.6. The Kier molecular flexibility index (Phi) is 8.86. The summed E-state index contributed by atoms with van der Waals surface area (Å²) in [5, 5.41) is 15.9. The van der Waals surface area contributed by atoms with E-state index in [-0.39, 0.29) is 28.4 Å². The summed E-state index contributed by atoms with van der Waals surface area (Å²) in [6.07, 6.45) is -4.58. The van der Waals surface area contributed by atoms with Crippen LogP contribution in [-0.4, -0.2) is 35.9 Å². The van der Waals surface area contributed by atoms with Crippen molar-refractivity contribution in [3.8, 4) is 5.75 Å². The zero-order chi connectivity index (χ0) is 28.7. The summed E-state index contributed by atoms with van der Waals surface area (Å²) in [6, 6.07) is 12.4. The number of alkyl halides is 3. The van der Waals surface area contributed by atoms with Gasteiger partial charge in [-0.1, -0.05) is 18.2 Å². The molecule has 0 bridgehead atoms. The molecule has 0 radical (unpaired) electrons. The summed E-state index contributed by atoms with van der Waals surface area (Å²) in [7, 11) is 0. The molecule has 0 atom stereocenters. The molecule has 3 aromatic carbocycles. The van der Waals surface area contributed by atoms with E-state index in [0.29, 0.717) is 11.1 Å². The van der Waals surface area contributed by atoms with Crippen molar-refractivity contribution in [3.63, 3.8) is 0 Å². The lowest BCUT2D eigenvalue weighted by Gasteiger charge is -2.13. The van der Waals surface area contributed by atoms with E-state index in [4.69, 9.17) is 9.47 Å². The normalized spacial score (nSPS) is 10.9. The molecule has 0 aromatic heterocycles. The molecule has 2 amide bonds. The Morgan fingerprint density at radius 1 is 0.897 bits per heavy atom. The number of aryl methyl sites for hydroxylation is 2. The maximum Gasteiger partial charge on any atom is 0.416 e. The van der Waals surface area contributed by atoms with Crippen molar-refractivity contribution in [3.05, 3.63) is 93.0 Å². The number of carbonyl (C=O) groups excluding carboxylic acids is 3. The molecule has 0 aliphatic heterocycles. The number of esters is 1. The molecule has 0 aliphatic rings. The molecule has 3 rings (SSSR count). The van der Waals surface area contributed by atoms with Gasteiger partial charge in [-0.3, -0.25) is 19.7 Å². The third-order valence-electron chi connectivity index (χ3n) is 5.36. The van der Waals surface area contributed by atoms with Crippen molar-refractivity contribution >= 4 is 34.8 Å². The fourth-order valence-electron chi connectivity index (χ4n) is 3.32. The number of nitro groups is 1. The number of benzene rings is 3. The number of halogens is 3. The van der Waals surface area contributed by atoms with E-state index in [1.54, 1.807) is 13.8 Å². The molecule has 13 heteroatoms. The van der Waals surface area contributed by atoms with Crippen LogP contribution in [-0.2, 0) is 20.5 Å². The number of nitrogens with zero attached hydrogens (tertiary/aromatic N) is 1. The number of anilines is 2. The van der Waals surface area contributed by atoms with Crippen molar-refractivity contribution in [2.24, 2.45) is 0 Å². The largest absolute Gasteiger partial charge is 0.483 e. The molecule has 0 heterocycles. The van der Waals surface area contributed by atoms with Gasteiger partial charge in [0.15, 0.2) is 13.2 Å². The van der Waals surface area contributed by atoms with Crippen molar-refractivity contribution in [1.29, 1.82) is 0 Å². The molecule has 0 saturated heterocycles. The van der Waals surface area contributed by atoms with E-state index >= 15 is 0 Å². The Labute approximate surface area is 219 Å². The first-order valence-corrected chi connectivity index (χ1v) is 11.3. The topological polar surface area (TPSA) is 137 Å². The Balaban J connectivity index is 1.59. The zero-order valence-corrected chi connectivity index (χ0v) is 20.6. The van der Waals surface area contributed by atoms with E-state index in [1.165, 1.54) is 42.5 Å². The first-order chi connectivity index (χ1) is 18.3. The van der Waals surface area contributed by atoms with Crippen LogP contribution in [0.1, 0.15) is 27.0 Å². The van der Waals surface area contributed by atoms with Gasteiger partial charge in [-0.05, 0) is 61.4 Å². The highest BCUT2D eigenvalue weighted by Gasteiger charge is 2.30. The van der Waals surface area contributed by atoms with E-state index in [0.717, 1.165) is 18.2 Å². The highest BCUT2D eigenvalue weighted by molar-refractivity contribution is 5.98. The zero-order valence-electron chi connectivity index (χ0n) is 20.6. The number of rotatable bonds is 9. The van der Waals surface area contributed by atoms with Gasteiger partial charge >= 0.3 is 12.1 Å². The quantitative estimate of drug-likeness (QED) is 0.218. The van der Waals surface area contributed by atoms with Crippen LogP contribution < -0.4 is 15.4 Å². The van der Waals surface area contributed by atoms with Crippen LogP contribution >= 0.6 is 0 Å². The minimum atomic E-state index is -4.58. The third-order valence-corrected chi connectivity index (χ3v) is 5.36. The lowest BCUT2D eigenvalue weighted by Crippen LogP contribution is -2.23. The molecule has 39 heavy (non-hydrogen) atoms. The highest BCUT2D eigenvalue weighted by Crippen LogP contribution is 2.31. The molecule has 3 aromatic rings.